The number of hydrogen-bond acceptors (Lipinski definition) is 5. The third-order valence-electron chi connectivity index (χ3n) is 5.01. The monoisotopic (exact) mass is 446 g/mol. The van der Waals surface area contributed by atoms with Crippen LogP contribution in [0.4, 0.5) is 13.6 Å². The van der Waals surface area contributed by atoms with Gasteiger partial charge in [-0.1, -0.05) is 24.3 Å². The quantitative estimate of drug-likeness (QED) is 0.647. The van der Waals surface area contributed by atoms with Crippen LogP contribution in [0.3, 0.4) is 0 Å². The summed E-state index contributed by atoms with van der Waals surface area (Å²) in [6.45, 7) is 6.66. The minimum absolute atomic E-state index is 0.00750. The van der Waals surface area contributed by atoms with Crippen LogP contribution in [0.5, 0.6) is 0 Å². The van der Waals surface area contributed by atoms with Crippen molar-refractivity contribution in [1.82, 2.24) is 9.80 Å². The van der Waals surface area contributed by atoms with Gasteiger partial charge in [-0.3, -0.25) is 9.69 Å². The molecule has 0 aromatic heterocycles. The molecule has 2 aromatic rings. The topological polar surface area (TPSA) is 59.1 Å². The van der Waals surface area contributed by atoms with E-state index >= 15 is 0 Å². The van der Waals surface area contributed by atoms with Crippen LogP contribution in [0.1, 0.15) is 31.9 Å². The van der Waals surface area contributed by atoms with Crippen molar-refractivity contribution >= 4 is 12.1 Å². The van der Waals surface area contributed by atoms with Gasteiger partial charge in [-0.2, -0.15) is 0 Å². The van der Waals surface area contributed by atoms with Crippen LogP contribution in [-0.2, 0) is 27.4 Å². The van der Waals surface area contributed by atoms with E-state index in [2.05, 4.69) is 0 Å². The zero-order valence-corrected chi connectivity index (χ0v) is 18.5. The molecule has 6 nitrogen and oxygen atoms in total. The van der Waals surface area contributed by atoms with Crippen molar-refractivity contribution < 1.29 is 27.8 Å². The number of esters is 1. The third kappa shape index (κ3) is 6.75. The minimum atomic E-state index is -0.721. The second-order valence-corrected chi connectivity index (χ2v) is 8.77. The summed E-state index contributed by atoms with van der Waals surface area (Å²) in [6, 6.07) is 11.0. The van der Waals surface area contributed by atoms with Gasteiger partial charge in [-0.05, 0) is 56.2 Å². The molecule has 1 atom stereocenters. The lowest BCUT2D eigenvalue weighted by atomic mass is 10.1. The van der Waals surface area contributed by atoms with E-state index in [9.17, 15) is 18.4 Å². The van der Waals surface area contributed by atoms with E-state index < -0.39 is 23.7 Å². The second-order valence-electron chi connectivity index (χ2n) is 8.77. The molecule has 3 rings (SSSR count). The second kappa shape index (κ2) is 10.1. The highest BCUT2D eigenvalue weighted by Gasteiger charge is 2.37. The molecule has 0 bridgehead atoms. The van der Waals surface area contributed by atoms with E-state index in [-0.39, 0.29) is 24.8 Å². The SMILES string of the molecule is CC(C)(C)OC(=O)N1CCN(Cc2ccc(F)cc2)[C@H](C(=O)OCc2ccc(F)cc2)C1. The summed E-state index contributed by atoms with van der Waals surface area (Å²) in [4.78, 5) is 28.9. The summed E-state index contributed by atoms with van der Waals surface area (Å²) in [5.41, 5.74) is 0.846. The van der Waals surface area contributed by atoms with Crippen molar-refractivity contribution in [2.24, 2.45) is 0 Å². The van der Waals surface area contributed by atoms with E-state index in [4.69, 9.17) is 9.47 Å². The molecule has 2 aromatic carbocycles. The van der Waals surface area contributed by atoms with Crippen molar-refractivity contribution in [2.45, 2.75) is 45.6 Å². The van der Waals surface area contributed by atoms with Crippen molar-refractivity contribution in [1.29, 1.82) is 0 Å². The Kier molecular flexibility index (Phi) is 7.45. The maximum atomic E-state index is 13.3. The molecular weight excluding hydrogens is 418 g/mol. The summed E-state index contributed by atoms with van der Waals surface area (Å²) < 4.78 is 37.3. The number of hydrogen-bond donors (Lipinski definition) is 0. The number of nitrogens with zero attached hydrogens (tertiary/aromatic N) is 2. The van der Waals surface area contributed by atoms with Gasteiger partial charge in [0.25, 0.3) is 0 Å². The Bertz CT molecular complexity index is 927. The number of carbonyl (C=O) groups is 2. The van der Waals surface area contributed by atoms with Gasteiger partial charge >= 0.3 is 12.1 Å². The highest BCUT2D eigenvalue weighted by molar-refractivity contribution is 5.78. The molecule has 0 N–H and O–H groups in total. The Morgan fingerprint density at radius 3 is 2.06 bits per heavy atom. The lowest BCUT2D eigenvalue weighted by molar-refractivity contribution is -0.154. The molecule has 0 saturated carbocycles. The molecule has 1 fully saturated rings. The first-order chi connectivity index (χ1) is 15.1. The number of halogens is 2. The van der Waals surface area contributed by atoms with Gasteiger partial charge in [0.05, 0.1) is 6.54 Å². The standard InChI is InChI=1S/C24H28F2N2O4/c1-24(2,3)32-23(30)28-13-12-27(14-17-4-8-19(25)9-5-17)21(15-28)22(29)31-16-18-6-10-20(26)11-7-18/h4-11,21H,12-16H2,1-3H3/t21-/m0/s1. The maximum absolute atomic E-state index is 13.3. The molecule has 0 unspecified atom stereocenters. The zero-order valence-electron chi connectivity index (χ0n) is 18.5. The molecule has 0 spiro atoms. The van der Waals surface area contributed by atoms with Crippen molar-refractivity contribution in [3.05, 3.63) is 71.3 Å². The highest BCUT2D eigenvalue weighted by Crippen LogP contribution is 2.19. The van der Waals surface area contributed by atoms with Crippen LogP contribution < -0.4 is 0 Å². The molecule has 1 aliphatic rings. The number of amides is 1. The molecule has 0 aliphatic carbocycles. The Balaban J connectivity index is 1.71. The smallest absolute Gasteiger partial charge is 0.410 e. The van der Waals surface area contributed by atoms with E-state index in [1.165, 1.54) is 29.2 Å². The summed E-state index contributed by atoms with van der Waals surface area (Å²) in [6.07, 6.45) is -0.490. The molecule has 1 amide bonds. The fraction of sp³-hybridized carbons (Fsp3) is 0.417. The van der Waals surface area contributed by atoms with Crippen molar-refractivity contribution in [2.75, 3.05) is 19.6 Å². The van der Waals surface area contributed by atoms with E-state index in [1.807, 2.05) is 4.90 Å². The van der Waals surface area contributed by atoms with Gasteiger partial charge in [0.2, 0.25) is 0 Å². The summed E-state index contributed by atoms with van der Waals surface area (Å²) in [5, 5.41) is 0. The normalized spacial score (nSPS) is 17.2. The minimum Gasteiger partial charge on any atom is -0.460 e. The van der Waals surface area contributed by atoms with Gasteiger partial charge < -0.3 is 14.4 Å². The van der Waals surface area contributed by atoms with Gasteiger partial charge in [0.15, 0.2) is 0 Å². The Morgan fingerprint density at radius 2 is 1.50 bits per heavy atom. The Labute approximate surface area is 186 Å². The number of carbonyl (C=O) groups excluding carboxylic acids is 2. The Hall–Kier alpha value is -3.00. The number of ether oxygens (including phenoxy) is 2. The summed E-state index contributed by atoms with van der Waals surface area (Å²) >= 11 is 0. The predicted molar refractivity (Wildman–Crippen MR) is 115 cm³/mol. The fourth-order valence-corrected chi connectivity index (χ4v) is 3.38. The number of piperazine rings is 1. The summed E-state index contributed by atoms with van der Waals surface area (Å²) in [5.74, 6) is -1.20. The molecule has 32 heavy (non-hydrogen) atoms. The van der Waals surface area contributed by atoms with Crippen molar-refractivity contribution in [3.63, 3.8) is 0 Å². The molecule has 172 valence electrons. The van der Waals surface area contributed by atoms with Gasteiger partial charge in [-0.25, -0.2) is 13.6 Å². The molecule has 0 radical (unpaired) electrons. The van der Waals surface area contributed by atoms with Gasteiger partial charge in [0, 0.05) is 19.6 Å². The van der Waals surface area contributed by atoms with Crippen LogP contribution in [0.2, 0.25) is 0 Å². The average molecular weight is 446 g/mol. The zero-order chi connectivity index (χ0) is 23.3. The van der Waals surface area contributed by atoms with Crippen LogP contribution in [0.15, 0.2) is 48.5 Å². The fourth-order valence-electron chi connectivity index (χ4n) is 3.38. The lowest BCUT2D eigenvalue weighted by Gasteiger charge is -2.40. The average Bonchev–Trinajstić information content (AvgIpc) is 2.73. The van der Waals surface area contributed by atoms with Crippen LogP contribution >= 0.6 is 0 Å². The van der Waals surface area contributed by atoms with Gasteiger partial charge in [-0.15, -0.1) is 0 Å². The molecule has 1 aliphatic heterocycles. The first-order valence-corrected chi connectivity index (χ1v) is 10.5. The largest absolute Gasteiger partial charge is 0.460 e. The summed E-state index contributed by atoms with van der Waals surface area (Å²) in [7, 11) is 0. The van der Waals surface area contributed by atoms with Gasteiger partial charge in [0.1, 0.15) is 29.9 Å². The molecule has 1 saturated heterocycles. The third-order valence-corrected chi connectivity index (χ3v) is 5.01. The van der Waals surface area contributed by atoms with Crippen LogP contribution in [-0.4, -0.2) is 53.1 Å². The number of benzene rings is 2. The van der Waals surface area contributed by atoms with E-state index in [1.54, 1.807) is 45.0 Å². The molecular formula is C24H28F2N2O4. The lowest BCUT2D eigenvalue weighted by Crippen LogP contribution is -2.58. The highest BCUT2D eigenvalue weighted by atomic mass is 19.1. The first kappa shape index (κ1) is 23.7. The van der Waals surface area contributed by atoms with Crippen molar-refractivity contribution in [3.8, 4) is 0 Å². The Morgan fingerprint density at radius 1 is 0.938 bits per heavy atom. The first-order valence-electron chi connectivity index (χ1n) is 10.5. The van der Waals surface area contributed by atoms with Crippen LogP contribution in [0, 0.1) is 11.6 Å². The molecule has 8 heteroatoms. The van der Waals surface area contributed by atoms with E-state index in [0.29, 0.717) is 25.2 Å². The molecule has 1 heterocycles. The van der Waals surface area contributed by atoms with Crippen LogP contribution in [0.25, 0.3) is 0 Å². The predicted octanol–water partition coefficient (Wildman–Crippen LogP) is 4.13. The van der Waals surface area contributed by atoms with E-state index in [0.717, 1.165) is 5.56 Å². The number of rotatable bonds is 5. The maximum Gasteiger partial charge on any atom is 0.410 e.